The molecule has 0 spiro atoms. The van der Waals surface area contributed by atoms with Crippen molar-refractivity contribution in [1.82, 2.24) is 0 Å². The van der Waals surface area contributed by atoms with Crippen LogP contribution in [-0.4, -0.2) is 60.5 Å². The van der Waals surface area contributed by atoms with E-state index in [-0.39, 0.29) is 13.0 Å². The van der Waals surface area contributed by atoms with E-state index in [1.165, 1.54) is 186 Å². The smallest absolute Gasteiger partial charge is 0.472 e. The number of aliphatic carboxylic acids is 1. The molecule has 0 saturated heterocycles. The largest absolute Gasteiger partial charge is 0.480 e. The molecule has 10 nitrogen and oxygen atoms in total. The lowest BCUT2D eigenvalue weighted by atomic mass is 10.0. The summed E-state index contributed by atoms with van der Waals surface area (Å²) in [5, 5.41) is 8.91. The van der Waals surface area contributed by atoms with Gasteiger partial charge >= 0.3 is 19.8 Å². The summed E-state index contributed by atoms with van der Waals surface area (Å²) in [6.07, 6.45) is 44.4. The fraction of sp³-hybridized carbons (Fsp3) is 0.957. The van der Waals surface area contributed by atoms with Gasteiger partial charge in [0.2, 0.25) is 0 Å². The highest BCUT2D eigenvalue weighted by Gasteiger charge is 2.27. The van der Waals surface area contributed by atoms with Gasteiger partial charge < -0.3 is 25.2 Å². The number of rotatable bonds is 47. The summed E-state index contributed by atoms with van der Waals surface area (Å²) in [7, 11) is -4.61. The van der Waals surface area contributed by atoms with Gasteiger partial charge in [-0.15, -0.1) is 0 Å². The number of hydrogen-bond acceptors (Lipinski definition) is 8. The molecule has 0 fully saturated rings. The van der Waals surface area contributed by atoms with Crippen LogP contribution in [0.25, 0.3) is 0 Å². The standard InChI is InChI=1S/C46H92NO9P/c1-3-5-7-9-11-13-15-17-19-20-21-22-23-25-27-29-31-33-35-37-39-53-40-43(41-54-57(51,52)55-42-44(47)46(49)50)56-45(48)38-36-34-32-30-28-26-24-18-16-14-12-10-8-6-4-2/h43-44H,3-42,47H2,1-2H3,(H,49,50)(H,51,52). The third kappa shape index (κ3) is 42.9. The monoisotopic (exact) mass is 834 g/mol. The van der Waals surface area contributed by atoms with E-state index >= 15 is 0 Å². The summed E-state index contributed by atoms with van der Waals surface area (Å²) in [6, 6.07) is -1.47. The minimum Gasteiger partial charge on any atom is -0.480 e. The van der Waals surface area contributed by atoms with Gasteiger partial charge in [-0.2, -0.15) is 0 Å². The molecule has 0 aromatic heterocycles. The van der Waals surface area contributed by atoms with E-state index in [9.17, 15) is 19.0 Å². The van der Waals surface area contributed by atoms with Gasteiger partial charge in [0.25, 0.3) is 0 Å². The predicted octanol–water partition coefficient (Wildman–Crippen LogP) is 13.5. The number of esters is 1. The van der Waals surface area contributed by atoms with Crippen LogP contribution in [-0.2, 0) is 32.7 Å². The minimum atomic E-state index is -4.61. The predicted molar refractivity (Wildman–Crippen MR) is 236 cm³/mol. The Morgan fingerprint density at radius 3 is 1.16 bits per heavy atom. The van der Waals surface area contributed by atoms with E-state index in [1.807, 2.05) is 0 Å². The van der Waals surface area contributed by atoms with Crippen molar-refractivity contribution in [2.45, 2.75) is 257 Å². The van der Waals surface area contributed by atoms with Crippen LogP contribution in [0.1, 0.15) is 245 Å². The Kier molecular flexibility index (Phi) is 42.3. The van der Waals surface area contributed by atoms with Crippen molar-refractivity contribution in [3.63, 3.8) is 0 Å². The number of ether oxygens (including phenoxy) is 2. The number of phosphoric acid groups is 1. The molecular formula is C46H92NO9P. The van der Waals surface area contributed by atoms with Gasteiger partial charge in [-0.25, -0.2) is 4.57 Å². The average molecular weight is 834 g/mol. The van der Waals surface area contributed by atoms with Gasteiger partial charge in [0, 0.05) is 13.0 Å². The highest BCUT2D eigenvalue weighted by molar-refractivity contribution is 7.47. The van der Waals surface area contributed by atoms with Crippen LogP contribution in [0, 0.1) is 0 Å². The molecule has 0 amide bonds. The lowest BCUT2D eigenvalue weighted by molar-refractivity contribution is -0.154. The molecule has 0 aromatic rings. The van der Waals surface area contributed by atoms with Crippen LogP contribution in [0.15, 0.2) is 0 Å². The fourth-order valence-electron chi connectivity index (χ4n) is 7.14. The van der Waals surface area contributed by atoms with Crippen molar-refractivity contribution in [3.05, 3.63) is 0 Å². The molecule has 3 atom stereocenters. The molecule has 3 unspecified atom stereocenters. The van der Waals surface area contributed by atoms with Gasteiger partial charge in [0.15, 0.2) is 0 Å². The number of hydrogen-bond donors (Lipinski definition) is 3. The Morgan fingerprint density at radius 1 is 0.491 bits per heavy atom. The first-order chi connectivity index (χ1) is 27.7. The molecular weight excluding hydrogens is 741 g/mol. The Bertz CT molecular complexity index is 924. The third-order valence-corrected chi connectivity index (χ3v) is 11.8. The summed E-state index contributed by atoms with van der Waals surface area (Å²) < 4.78 is 33.4. The maximum Gasteiger partial charge on any atom is 0.472 e. The first-order valence-electron chi connectivity index (χ1n) is 24.1. The Labute approximate surface area is 350 Å². The van der Waals surface area contributed by atoms with E-state index in [4.69, 9.17) is 29.4 Å². The Balaban J connectivity index is 4.10. The average Bonchev–Trinajstić information content (AvgIpc) is 3.19. The number of unbranched alkanes of at least 4 members (excludes halogenated alkanes) is 33. The Hall–Kier alpha value is -1.03. The summed E-state index contributed by atoms with van der Waals surface area (Å²) in [5.41, 5.74) is 5.37. The zero-order valence-electron chi connectivity index (χ0n) is 37.2. The molecule has 0 aliphatic rings. The van der Waals surface area contributed by atoms with Crippen molar-refractivity contribution < 1.29 is 42.7 Å². The van der Waals surface area contributed by atoms with Crippen LogP contribution < -0.4 is 5.73 Å². The SMILES string of the molecule is CCCCCCCCCCCCCCCCCCCCCCOCC(COP(=O)(O)OCC(N)C(=O)O)OC(=O)CCCCCCCCCCCCCCCCC. The lowest BCUT2D eigenvalue weighted by Gasteiger charge is -2.20. The number of carboxylic acids is 1. The summed E-state index contributed by atoms with van der Waals surface area (Å²) in [5.74, 6) is -1.76. The van der Waals surface area contributed by atoms with Crippen molar-refractivity contribution >= 4 is 19.8 Å². The van der Waals surface area contributed by atoms with Crippen molar-refractivity contribution in [1.29, 1.82) is 0 Å². The second kappa shape index (κ2) is 43.1. The fourth-order valence-corrected chi connectivity index (χ4v) is 7.91. The van der Waals surface area contributed by atoms with Crippen LogP contribution in [0.2, 0.25) is 0 Å². The highest BCUT2D eigenvalue weighted by Crippen LogP contribution is 2.43. The van der Waals surface area contributed by atoms with E-state index < -0.39 is 45.1 Å². The van der Waals surface area contributed by atoms with Crippen LogP contribution in [0.3, 0.4) is 0 Å². The molecule has 0 aromatic carbocycles. The van der Waals surface area contributed by atoms with Crippen LogP contribution in [0.4, 0.5) is 0 Å². The quantitative estimate of drug-likeness (QED) is 0.0306. The summed E-state index contributed by atoms with van der Waals surface area (Å²) in [4.78, 5) is 33.6. The second-order valence-electron chi connectivity index (χ2n) is 16.6. The minimum absolute atomic E-state index is 0.0262. The summed E-state index contributed by atoms with van der Waals surface area (Å²) in [6.45, 7) is 3.94. The number of phosphoric ester groups is 1. The molecule has 0 bridgehead atoms. The van der Waals surface area contributed by atoms with Crippen LogP contribution in [0.5, 0.6) is 0 Å². The van der Waals surface area contributed by atoms with Gasteiger partial charge in [-0.05, 0) is 12.8 Å². The number of nitrogens with two attached hydrogens (primary N) is 1. The van der Waals surface area contributed by atoms with E-state index in [1.54, 1.807) is 0 Å². The second-order valence-corrected chi connectivity index (χ2v) is 18.1. The summed E-state index contributed by atoms with van der Waals surface area (Å²) >= 11 is 0. The zero-order chi connectivity index (χ0) is 41.9. The van der Waals surface area contributed by atoms with Crippen molar-refractivity contribution in [2.75, 3.05) is 26.4 Å². The number of carboxylic acid groups (broad SMARTS) is 1. The first-order valence-corrected chi connectivity index (χ1v) is 25.6. The Morgan fingerprint density at radius 2 is 0.807 bits per heavy atom. The van der Waals surface area contributed by atoms with E-state index in [2.05, 4.69) is 13.8 Å². The lowest BCUT2D eigenvalue weighted by Crippen LogP contribution is -2.34. The van der Waals surface area contributed by atoms with Gasteiger partial charge in [0.05, 0.1) is 19.8 Å². The van der Waals surface area contributed by atoms with Gasteiger partial charge in [-0.3, -0.25) is 18.6 Å². The highest BCUT2D eigenvalue weighted by atomic mass is 31.2. The number of carbonyl (C=O) groups is 2. The normalized spacial score (nSPS) is 13.8. The van der Waals surface area contributed by atoms with E-state index in [0.717, 1.165) is 38.5 Å². The molecule has 4 N–H and O–H groups in total. The van der Waals surface area contributed by atoms with Gasteiger partial charge in [0.1, 0.15) is 12.1 Å². The molecule has 0 aliphatic heterocycles. The number of carbonyl (C=O) groups excluding carboxylic acids is 1. The first kappa shape index (κ1) is 56.0. The molecule has 11 heteroatoms. The molecule has 0 rings (SSSR count). The topological polar surface area (TPSA) is 155 Å². The molecule has 0 heterocycles. The van der Waals surface area contributed by atoms with Crippen molar-refractivity contribution in [2.24, 2.45) is 5.73 Å². The molecule has 340 valence electrons. The molecule has 0 aliphatic carbocycles. The van der Waals surface area contributed by atoms with Crippen molar-refractivity contribution in [3.8, 4) is 0 Å². The van der Waals surface area contributed by atoms with Gasteiger partial charge in [-0.1, -0.05) is 226 Å². The zero-order valence-corrected chi connectivity index (χ0v) is 38.1. The third-order valence-electron chi connectivity index (χ3n) is 10.9. The maximum absolute atomic E-state index is 12.6. The molecule has 0 saturated carbocycles. The molecule has 0 radical (unpaired) electrons. The van der Waals surface area contributed by atoms with E-state index in [0.29, 0.717) is 6.61 Å². The maximum atomic E-state index is 12.6. The van der Waals surface area contributed by atoms with Crippen LogP contribution >= 0.6 is 7.82 Å². The molecule has 57 heavy (non-hydrogen) atoms.